The van der Waals surface area contributed by atoms with E-state index in [1.54, 1.807) is 6.33 Å². The molecule has 8 heteroatoms. The molecule has 0 spiro atoms. The Kier molecular flexibility index (Phi) is 5.29. The number of aromatic amines is 1. The molecule has 32 heavy (non-hydrogen) atoms. The van der Waals surface area contributed by atoms with E-state index in [9.17, 15) is 4.79 Å². The lowest BCUT2D eigenvalue weighted by Crippen LogP contribution is -2.38. The number of H-pyrrole nitrogens is 1. The van der Waals surface area contributed by atoms with Gasteiger partial charge < -0.3 is 10.7 Å². The average Bonchev–Trinajstić information content (AvgIpc) is 3.44. The third kappa shape index (κ3) is 3.51. The second-order valence-corrected chi connectivity index (χ2v) is 10.4. The molecule has 0 atom stereocenters. The molecule has 1 aliphatic heterocycles. The maximum absolute atomic E-state index is 11.2. The number of nitrogens with two attached hydrogens (primary N) is 1. The van der Waals surface area contributed by atoms with Crippen LogP contribution in [0.2, 0.25) is 0 Å². The Balaban J connectivity index is 1.52. The summed E-state index contributed by atoms with van der Waals surface area (Å²) in [6, 6.07) is 2.40. The summed E-state index contributed by atoms with van der Waals surface area (Å²) in [5, 5.41) is 5.72. The number of fused-ring (bicyclic) bond motifs is 2. The van der Waals surface area contributed by atoms with Crippen LogP contribution in [0.15, 0.2) is 18.6 Å². The van der Waals surface area contributed by atoms with E-state index in [-0.39, 0.29) is 5.91 Å². The van der Waals surface area contributed by atoms with E-state index in [4.69, 9.17) is 5.73 Å². The molecule has 1 aliphatic rings. The van der Waals surface area contributed by atoms with Gasteiger partial charge in [0.25, 0.3) is 0 Å². The Hall–Kier alpha value is -2.71. The highest BCUT2D eigenvalue weighted by atomic mass is 32.1. The molecule has 7 nitrogen and oxygen atoms in total. The summed E-state index contributed by atoms with van der Waals surface area (Å²) < 4.78 is 1.88. The topological polar surface area (TPSA) is 92.3 Å². The van der Waals surface area contributed by atoms with Crippen molar-refractivity contribution in [2.75, 3.05) is 19.6 Å². The molecule has 4 aromatic heterocycles. The Morgan fingerprint density at radius 2 is 2.03 bits per heavy atom. The smallest absolute Gasteiger partial charge is 0.231 e. The fourth-order valence-electron chi connectivity index (χ4n) is 5.08. The summed E-state index contributed by atoms with van der Waals surface area (Å²) in [6.07, 6.45) is 5.85. The monoisotopic (exact) mass is 450 g/mol. The maximum atomic E-state index is 11.2. The Labute approximate surface area is 191 Å². The van der Waals surface area contributed by atoms with Gasteiger partial charge in [0.15, 0.2) is 5.65 Å². The van der Waals surface area contributed by atoms with Gasteiger partial charge in [-0.3, -0.25) is 9.69 Å². The zero-order valence-electron chi connectivity index (χ0n) is 19.1. The number of hydrogen-bond acceptors (Lipinski definition) is 5. The van der Waals surface area contributed by atoms with Gasteiger partial charge in [0.2, 0.25) is 5.91 Å². The lowest BCUT2D eigenvalue weighted by molar-refractivity contribution is -0.119. The molecule has 0 aromatic carbocycles. The van der Waals surface area contributed by atoms with Gasteiger partial charge >= 0.3 is 0 Å². The third-order valence-corrected chi connectivity index (χ3v) is 8.10. The van der Waals surface area contributed by atoms with E-state index in [0.29, 0.717) is 18.4 Å². The maximum Gasteiger partial charge on any atom is 0.231 e. The fraction of sp³-hybridized carbons (Fsp3) is 0.458. The molecular weight excluding hydrogens is 420 g/mol. The summed E-state index contributed by atoms with van der Waals surface area (Å²) in [6.45, 7) is 11.0. The van der Waals surface area contributed by atoms with Crippen molar-refractivity contribution < 1.29 is 4.79 Å². The van der Waals surface area contributed by atoms with Gasteiger partial charge in [0, 0.05) is 22.0 Å². The van der Waals surface area contributed by atoms with Gasteiger partial charge in [-0.05, 0) is 74.4 Å². The minimum Gasteiger partial charge on any atom is -0.369 e. The quantitative estimate of drug-likeness (QED) is 0.473. The molecule has 168 valence electrons. The minimum absolute atomic E-state index is 0.239. The average molecular weight is 451 g/mol. The number of thiophene rings is 1. The van der Waals surface area contributed by atoms with Crippen molar-refractivity contribution >= 4 is 33.1 Å². The van der Waals surface area contributed by atoms with Crippen LogP contribution >= 0.6 is 11.3 Å². The van der Waals surface area contributed by atoms with E-state index < -0.39 is 0 Å². The van der Waals surface area contributed by atoms with Crippen LogP contribution in [0.1, 0.15) is 60.1 Å². The zero-order valence-corrected chi connectivity index (χ0v) is 19.9. The summed E-state index contributed by atoms with van der Waals surface area (Å²) in [5.74, 6) is 0.699. The van der Waals surface area contributed by atoms with Gasteiger partial charge in [-0.15, -0.1) is 11.3 Å². The highest BCUT2D eigenvalue weighted by Crippen LogP contribution is 2.43. The van der Waals surface area contributed by atoms with Crippen LogP contribution in [-0.4, -0.2) is 50.0 Å². The molecule has 1 fully saturated rings. The number of nitrogens with one attached hydrogen (secondary N) is 1. The van der Waals surface area contributed by atoms with Gasteiger partial charge in [-0.1, -0.05) is 13.8 Å². The van der Waals surface area contributed by atoms with Crippen molar-refractivity contribution in [1.29, 1.82) is 0 Å². The number of likely N-dealkylation sites (tertiary alicyclic amines) is 1. The minimum atomic E-state index is -0.239. The first-order valence-electron chi connectivity index (χ1n) is 11.3. The van der Waals surface area contributed by atoms with Crippen LogP contribution in [0, 0.1) is 13.8 Å². The molecule has 0 bridgehead atoms. The molecule has 1 saturated heterocycles. The van der Waals surface area contributed by atoms with E-state index in [0.717, 1.165) is 37.1 Å². The highest BCUT2D eigenvalue weighted by molar-refractivity contribution is 7.18. The molecule has 5 heterocycles. The summed E-state index contributed by atoms with van der Waals surface area (Å²) in [4.78, 5) is 24.2. The first-order chi connectivity index (χ1) is 15.3. The lowest BCUT2D eigenvalue weighted by atomic mass is 9.92. The number of amides is 1. The molecule has 0 saturated carbocycles. The van der Waals surface area contributed by atoms with Crippen LogP contribution in [-0.2, 0) is 4.79 Å². The number of nitrogens with zero attached hydrogens (tertiary/aromatic N) is 4. The predicted octanol–water partition coefficient (Wildman–Crippen LogP) is 4.34. The standard InChI is InChI=1S/C24H30N6OS/c1-13(2)21-17-9-19(16-5-7-29(8-6-16)11-20(25)31)32-24(17)28-22(21)18-10-30-23(26-12-27-30)15(4)14(18)3/h9-10,12-13,16,28H,5-8,11H2,1-4H3,(H2,25,31). The summed E-state index contributed by atoms with van der Waals surface area (Å²) in [5.41, 5.74) is 12.4. The number of rotatable bonds is 5. The van der Waals surface area contributed by atoms with Crippen molar-refractivity contribution in [1.82, 2.24) is 24.5 Å². The van der Waals surface area contributed by atoms with Crippen molar-refractivity contribution in [3.05, 3.63) is 40.2 Å². The van der Waals surface area contributed by atoms with Gasteiger partial charge in [-0.2, -0.15) is 5.10 Å². The third-order valence-electron chi connectivity index (χ3n) is 6.89. The molecular formula is C24H30N6OS. The number of primary amides is 1. The van der Waals surface area contributed by atoms with Crippen molar-refractivity contribution in [3.63, 3.8) is 0 Å². The van der Waals surface area contributed by atoms with Crippen LogP contribution in [0.25, 0.3) is 27.1 Å². The molecule has 5 rings (SSSR count). The molecule has 3 N–H and O–H groups in total. The molecule has 0 aliphatic carbocycles. The number of carbonyl (C=O) groups excluding carboxylic acids is 1. The number of hydrogen-bond donors (Lipinski definition) is 2. The SMILES string of the molecule is Cc1c(-c2[nH]c3sc(C4CCN(CC(N)=O)CC4)cc3c2C(C)C)cn2ncnc2c1C. The van der Waals surface area contributed by atoms with E-state index in [2.05, 4.69) is 59.9 Å². The number of piperidine rings is 1. The number of aromatic nitrogens is 4. The molecule has 0 unspecified atom stereocenters. The largest absolute Gasteiger partial charge is 0.369 e. The van der Waals surface area contributed by atoms with Crippen LogP contribution in [0.4, 0.5) is 0 Å². The summed E-state index contributed by atoms with van der Waals surface area (Å²) in [7, 11) is 0. The van der Waals surface area contributed by atoms with Gasteiger partial charge in [0.1, 0.15) is 11.2 Å². The van der Waals surface area contributed by atoms with Crippen LogP contribution in [0.3, 0.4) is 0 Å². The second-order valence-electron chi connectivity index (χ2n) is 9.30. The van der Waals surface area contributed by atoms with E-state index in [1.807, 2.05) is 15.9 Å². The highest BCUT2D eigenvalue weighted by Gasteiger charge is 2.26. The molecule has 4 aromatic rings. The second kappa shape index (κ2) is 8.01. The normalized spacial score (nSPS) is 16.0. The number of carbonyl (C=O) groups is 1. The zero-order chi connectivity index (χ0) is 22.6. The van der Waals surface area contributed by atoms with E-state index >= 15 is 0 Å². The number of pyridine rings is 1. The summed E-state index contributed by atoms with van der Waals surface area (Å²) >= 11 is 1.88. The van der Waals surface area contributed by atoms with Gasteiger partial charge in [0.05, 0.1) is 12.2 Å². The van der Waals surface area contributed by atoms with Crippen LogP contribution < -0.4 is 5.73 Å². The van der Waals surface area contributed by atoms with E-state index in [1.165, 1.54) is 37.5 Å². The van der Waals surface area contributed by atoms with Gasteiger partial charge in [-0.25, -0.2) is 9.50 Å². The first-order valence-corrected chi connectivity index (χ1v) is 12.1. The number of aryl methyl sites for hydroxylation is 1. The molecule has 1 amide bonds. The lowest BCUT2D eigenvalue weighted by Gasteiger charge is -2.30. The Morgan fingerprint density at radius 1 is 1.28 bits per heavy atom. The van der Waals surface area contributed by atoms with Crippen molar-refractivity contribution in [3.8, 4) is 11.3 Å². The Morgan fingerprint density at radius 3 is 2.72 bits per heavy atom. The first kappa shape index (κ1) is 21.2. The van der Waals surface area contributed by atoms with Crippen molar-refractivity contribution in [2.45, 2.75) is 52.4 Å². The predicted molar refractivity (Wildman–Crippen MR) is 129 cm³/mol. The van der Waals surface area contributed by atoms with Crippen molar-refractivity contribution in [2.24, 2.45) is 5.73 Å². The fourth-order valence-corrected chi connectivity index (χ4v) is 6.33. The van der Waals surface area contributed by atoms with Crippen LogP contribution in [0.5, 0.6) is 0 Å². The molecule has 0 radical (unpaired) electrons. The Bertz CT molecular complexity index is 1310.